The summed E-state index contributed by atoms with van der Waals surface area (Å²) < 4.78 is 31.6. The van der Waals surface area contributed by atoms with Gasteiger partial charge in [0, 0.05) is 25.4 Å². The summed E-state index contributed by atoms with van der Waals surface area (Å²) >= 11 is 0. The van der Waals surface area contributed by atoms with E-state index in [-0.39, 0.29) is 24.8 Å². The summed E-state index contributed by atoms with van der Waals surface area (Å²) in [7, 11) is 3.43. The first-order valence-electron chi connectivity index (χ1n) is 18.4. The van der Waals surface area contributed by atoms with E-state index in [2.05, 4.69) is 0 Å². The second-order valence-electron chi connectivity index (χ2n) is 15.9. The van der Waals surface area contributed by atoms with Crippen LogP contribution in [0.4, 0.5) is 0 Å². The lowest BCUT2D eigenvalue weighted by atomic mass is 9.76. The van der Waals surface area contributed by atoms with Crippen molar-refractivity contribution in [2.75, 3.05) is 20.7 Å². The zero-order chi connectivity index (χ0) is 37.9. The molecule has 0 aromatic heterocycles. The number of carbonyl (C=O) groups excluding carboxylic acids is 1. The summed E-state index contributed by atoms with van der Waals surface area (Å²) in [6.45, 7) is 20.6. The maximum atomic E-state index is 14.2. The van der Waals surface area contributed by atoms with Crippen molar-refractivity contribution in [1.29, 1.82) is 0 Å². The molecule has 3 saturated heterocycles. The van der Waals surface area contributed by atoms with Gasteiger partial charge in [0.1, 0.15) is 30.2 Å². The zero-order valence-corrected chi connectivity index (χ0v) is 32.6. The van der Waals surface area contributed by atoms with Crippen LogP contribution in [0.15, 0.2) is 12.3 Å². The van der Waals surface area contributed by atoms with Crippen molar-refractivity contribution in [2.45, 2.75) is 173 Å². The molecule has 13 nitrogen and oxygen atoms in total. The molecule has 3 aliphatic heterocycles. The van der Waals surface area contributed by atoms with Gasteiger partial charge in [0.25, 0.3) is 0 Å². The number of rotatable bonds is 13. The van der Waals surface area contributed by atoms with Gasteiger partial charge in [-0.15, -0.1) is 0 Å². The largest absolute Gasteiger partial charge is 0.459 e. The smallest absolute Gasteiger partial charge is 0.311 e. The number of aliphatic hydroxyl groups is 4. The number of ether oxygens (including phenoxy) is 5. The molecule has 0 aromatic carbocycles. The van der Waals surface area contributed by atoms with Gasteiger partial charge in [0.2, 0.25) is 0 Å². The van der Waals surface area contributed by atoms with Crippen molar-refractivity contribution in [2.24, 2.45) is 23.7 Å². The number of cyclic esters (lactones) is 1. The molecule has 3 fully saturated rings. The SMILES string of the molecule is CC[C@@H](O)[C@@](C)(O)[C@@H]1OC(=O)[C@H](C)[C@@H](O[C@H]2CC(C)(OC)[C@@H](O)C(C)O2)[C@H](C)[C@@H](OO/C=C\C(C(C)O)N(C)CC)[C@@]2(C)CC(C)C(O2)[C@@H]1C. The number of nitrogens with zero attached hydrogens (tertiary/aromatic N) is 1. The molecule has 6 unspecified atom stereocenters. The van der Waals surface area contributed by atoms with E-state index in [1.165, 1.54) is 20.3 Å². The quantitative estimate of drug-likeness (QED) is 0.0950. The molecule has 50 heavy (non-hydrogen) atoms. The zero-order valence-electron chi connectivity index (χ0n) is 32.6. The van der Waals surface area contributed by atoms with Gasteiger partial charge in [0.15, 0.2) is 6.29 Å². The van der Waals surface area contributed by atoms with Crippen molar-refractivity contribution in [1.82, 2.24) is 4.90 Å². The first-order valence-corrected chi connectivity index (χ1v) is 18.4. The van der Waals surface area contributed by atoms with Gasteiger partial charge >= 0.3 is 5.97 Å². The Morgan fingerprint density at radius 2 is 1.74 bits per heavy atom. The fourth-order valence-electron chi connectivity index (χ4n) is 8.42. The third kappa shape index (κ3) is 9.03. The van der Waals surface area contributed by atoms with Gasteiger partial charge in [-0.3, -0.25) is 9.69 Å². The van der Waals surface area contributed by atoms with E-state index in [0.717, 1.165) is 0 Å². The first-order chi connectivity index (χ1) is 23.2. The van der Waals surface area contributed by atoms with Crippen LogP contribution < -0.4 is 0 Å². The monoisotopic (exact) mass is 717 g/mol. The molecule has 0 radical (unpaired) electrons. The van der Waals surface area contributed by atoms with Crippen LogP contribution in [0.3, 0.4) is 0 Å². The Morgan fingerprint density at radius 3 is 2.30 bits per heavy atom. The summed E-state index contributed by atoms with van der Waals surface area (Å²) in [6.07, 6.45) is -3.39. The highest BCUT2D eigenvalue weighted by molar-refractivity contribution is 5.73. The van der Waals surface area contributed by atoms with Crippen molar-refractivity contribution < 1.29 is 58.7 Å². The van der Waals surface area contributed by atoms with Crippen molar-refractivity contribution in [3.05, 3.63) is 12.3 Å². The van der Waals surface area contributed by atoms with Crippen LogP contribution in [0.1, 0.15) is 95.4 Å². The summed E-state index contributed by atoms with van der Waals surface area (Å²) in [5, 5.41) is 43.9. The van der Waals surface area contributed by atoms with Crippen LogP contribution in [-0.4, -0.2) is 130 Å². The van der Waals surface area contributed by atoms with Crippen LogP contribution in [0, 0.1) is 23.7 Å². The highest BCUT2D eigenvalue weighted by Crippen LogP contribution is 2.48. The summed E-state index contributed by atoms with van der Waals surface area (Å²) in [6, 6.07) is -0.317. The molecular formula is C37H67NO12. The number of fused-ring (bicyclic) bond motifs is 2. The average Bonchev–Trinajstić information content (AvgIpc) is 3.37. The van der Waals surface area contributed by atoms with Gasteiger partial charge in [-0.1, -0.05) is 34.6 Å². The van der Waals surface area contributed by atoms with E-state index >= 15 is 0 Å². The molecule has 0 saturated carbocycles. The van der Waals surface area contributed by atoms with E-state index < -0.39 is 95.6 Å². The number of likely N-dealkylation sites (N-methyl/N-ethyl adjacent to an activating group) is 1. The normalized spacial score (nSPS) is 43.2. The van der Waals surface area contributed by atoms with Gasteiger partial charge in [-0.05, 0) is 80.0 Å². The molecular weight excluding hydrogens is 650 g/mol. The molecule has 13 heteroatoms. The Balaban J connectivity index is 2.10. The number of hydrogen-bond acceptors (Lipinski definition) is 13. The van der Waals surface area contributed by atoms with E-state index in [1.54, 1.807) is 40.7 Å². The van der Waals surface area contributed by atoms with Crippen molar-refractivity contribution >= 4 is 5.97 Å². The van der Waals surface area contributed by atoms with E-state index in [4.69, 9.17) is 33.5 Å². The lowest BCUT2D eigenvalue weighted by Crippen LogP contribution is -2.58. The van der Waals surface area contributed by atoms with Crippen LogP contribution in [0.25, 0.3) is 0 Å². The highest BCUT2D eigenvalue weighted by Gasteiger charge is 2.58. The predicted molar refractivity (Wildman–Crippen MR) is 185 cm³/mol. The number of hydrogen-bond donors (Lipinski definition) is 4. The van der Waals surface area contributed by atoms with Gasteiger partial charge < -0.3 is 49.0 Å². The van der Waals surface area contributed by atoms with Crippen LogP contribution in [0.5, 0.6) is 0 Å². The molecule has 2 bridgehead atoms. The maximum absolute atomic E-state index is 14.2. The summed E-state index contributed by atoms with van der Waals surface area (Å²) in [5.41, 5.74) is -3.71. The third-order valence-corrected chi connectivity index (χ3v) is 11.8. The first kappa shape index (κ1) is 43.0. The van der Waals surface area contributed by atoms with E-state index in [0.29, 0.717) is 13.0 Å². The van der Waals surface area contributed by atoms with Gasteiger partial charge in [0.05, 0.1) is 53.7 Å². The maximum Gasteiger partial charge on any atom is 0.311 e. The lowest BCUT2D eigenvalue weighted by Gasteiger charge is -2.46. The molecule has 3 aliphatic rings. The Labute approximate surface area is 299 Å². The minimum atomic E-state index is -1.78. The molecule has 4 N–H and O–H groups in total. The Morgan fingerprint density at radius 1 is 1.10 bits per heavy atom. The molecule has 0 aromatic rings. The summed E-state index contributed by atoms with van der Waals surface area (Å²) in [4.78, 5) is 28.2. The van der Waals surface area contributed by atoms with E-state index in [9.17, 15) is 25.2 Å². The van der Waals surface area contributed by atoms with Crippen LogP contribution in [0.2, 0.25) is 0 Å². The molecule has 292 valence electrons. The molecule has 3 heterocycles. The predicted octanol–water partition coefficient (Wildman–Crippen LogP) is 3.34. The standard InChI is InChI=1S/C37H67NO12/c1-14-27(40)37(11,43)33-21(4)29-20(3)18-36(10,49-29)32(50-45-17-16-26(24(7)39)38(12)15-2)22(5)30(23(6)34(42)48-33)47-28-19-35(9,44-13)31(41)25(8)46-28/h16-17,20-33,39-41,43H,14-15,18-19H2,1-13H3/b17-16-/t20?,21-,22-,23+,24?,25?,26?,27+,28-,29?,30-,31-,32+,33+,35?,36+,37+/m0/s1. The number of methoxy groups -OCH3 is 1. The second-order valence-corrected chi connectivity index (χ2v) is 15.9. The number of aliphatic hydroxyl groups excluding tert-OH is 3. The Bertz CT molecular complexity index is 1120. The minimum Gasteiger partial charge on any atom is -0.459 e. The number of carbonyl (C=O) groups is 1. The van der Waals surface area contributed by atoms with Crippen LogP contribution in [-0.2, 0) is 38.3 Å². The minimum absolute atomic E-state index is 0.0555. The number of esters is 1. The molecule has 17 atom stereocenters. The average molecular weight is 718 g/mol. The lowest BCUT2D eigenvalue weighted by molar-refractivity contribution is -0.346. The molecule has 3 rings (SSSR count). The van der Waals surface area contributed by atoms with E-state index in [1.807, 2.05) is 46.6 Å². The van der Waals surface area contributed by atoms with Crippen LogP contribution >= 0.6 is 0 Å². The molecule has 0 aliphatic carbocycles. The fraction of sp³-hybridized carbons (Fsp3) is 0.919. The summed E-state index contributed by atoms with van der Waals surface area (Å²) in [5.74, 6) is -2.68. The second kappa shape index (κ2) is 17.2. The topological polar surface area (TPSA) is 166 Å². The fourth-order valence-corrected chi connectivity index (χ4v) is 8.42. The Hall–Kier alpha value is -1.39. The molecule has 0 amide bonds. The Kier molecular flexibility index (Phi) is 14.8. The van der Waals surface area contributed by atoms with Crippen molar-refractivity contribution in [3.8, 4) is 0 Å². The third-order valence-electron chi connectivity index (χ3n) is 11.8. The van der Waals surface area contributed by atoms with Gasteiger partial charge in [-0.2, -0.15) is 4.89 Å². The van der Waals surface area contributed by atoms with Gasteiger partial charge in [-0.25, -0.2) is 0 Å². The highest BCUT2D eigenvalue weighted by atomic mass is 17.2. The van der Waals surface area contributed by atoms with Crippen molar-refractivity contribution in [3.63, 3.8) is 0 Å². The molecule has 0 spiro atoms.